The van der Waals surface area contributed by atoms with E-state index in [1.807, 2.05) is 0 Å². The number of hydrogen-bond donors (Lipinski definition) is 2. The highest BCUT2D eigenvalue weighted by Crippen LogP contribution is 2.22. The van der Waals surface area contributed by atoms with E-state index in [1.54, 1.807) is 18.4 Å². The first-order valence-corrected chi connectivity index (χ1v) is 6.51. The Morgan fingerprint density at radius 1 is 1.37 bits per heavy atom. The van der Waals surface area contributed by atoms with E-state index in [9.17, 15) is 9.18 Å². The number of carboxylic acid groups (broad SMARTS) is 1. The summed E-state index contributed by atoms with van der Waals surface area (Å²) in [6.07, 6.45) is 1.71. The number of nitrogens with zero attached hydrogens (tertiary/aromatic N) is 2. The van der Waals surface area contributed by atoms with E-state index in [0.717, 1.165) is 0 Å². The van der Waals surface area contributed by atoms with E-state index in [2.05, 4.69) is 15.5 Å². The molecule has 19 heavy (non-hydrogen) atoms. The molecule has 2 aromatic rings. The van der Waals surface area contributed by atoms with Gasteiger partial charge in [-0.3, -0.25) is 0 Å². The van der Waals surface area contributed by atoms with Crippen LogP contribution in [-0.4, -0.2) is 27.5 Å². The standard InChI is InChI=1S/C12H10FN3O2S/c1-19-11-7(12(17)18)6-10(15-16-11)14-9-5-3-2-4-8(9)13/h2-6H,1H3,(H,14,15)(H,17,18). The summed E-state index contributed by atoms with van der Waals surface area (Å²) in [5, 5.41) is 19.7. The van der Waals surface area contributed by atoms with E-state index >= 15 is 0 Å². The highest BCUT2D eigenvalue weighted by atomic mass is 32.2. The molecule has 2 N–H and O–H groups in total. The van der Waals surface area contributed by atoms with E-state index < -0.39 is 11.8 Å². The molecule has 7 heteroatoms. The van der Waals surface area contributed by atoms with E-state index in [0.29, 0.717) is 5.03 Å². The van der Waals surface area contributed by atoms with Gasteiger partial charge in [-0.25, -0.2) is 9.18 Å². The molecule has 0 atom stereocenters. The Labute approximate surface area is 112 Å². The predicted octanol–water partition coefficient (Wildman–Crippen LogP) is 2.78. The van der Waals surface area contributed by atoms with E-state index in [-0.39, 0.29) is 17.1 Å². The van der Waals surface area contributed by atoms with Gasteiger partial charge in [0, 0.05) is 0 Å². The zero-order chi connectivity index (χ0) is 13.8. The van der Waals surface area contributed by atoms with Gasteiger partial charge < -0.3 is 10.4 Å². The van der Waals surface area contributed by atoms with Crippen molar-refractivity contribution in [2.24, 2.45) is 0 Å². The van der Waals surface area contributed by atoms with Gasteiger partial charge in [0.1, 0.15) is 10.8 Å². The SMILES string of the molecule is CSc1nnc(Nc2ccccc2F)cc1C(=O)O. The number of carbonyl (C=O) groups is 1. The average Bonchev–Trinajstić information content (AvgIpc) is 2.41. The van der Waals surface area contributed by atoms with Gasteiger partial charge >= 0.3 is 5.97 Å². The van der Waals surface area contributed by atoms with Crippen LogP contribution in [0.1, 0.15) is 10.4 Å². The highest BCUT2D eigenvalue weighted by Gasteiger charge is 2.13. The van der Waals surface area contributed by atoms with Crippen LogP contribution in [0.15, 0.2) is 35.4 Å². The molecule has 0 unspecified atom stereocenters. The first-order valence-electron chi connectivity index (χ1n) is 5.28. The van der Waals surface area contributed by atoms with Crippen molar-refractivity contribution in [3.8, 4) is 0 Å². The van der Waals surface area contributed by atoms with Crippen molar-refractivity contribution in [1.82, 2.24) is 10.2 Å². The lowest BCUT2D eigenvalue weighted by Crippen LogP contribution is -2.05. The summed E-state index contributed by atoms with van der Waals surface area (Å²) >= 11 is 1.19. The molecule has 0 aliphatic rings. The quantitative estimate of drug-likeness (QED) is 0.838. The molecule has 5 nitrogen and oxygen atoms in total. The number of para-hydroxylation sites is 1. The Morgan fingerprint density at radius 2 is 2.11 bits per heavy atom. The summed E-state index contributed by atoms with van der Waals surface area (Å²) in [5.41, 5.74) is 0.242. The fourth-order valence-electron chi connectivity index (χ4n) is 1.45. The van der Waals surface area contributed by atoms with Gasteiger partial charge in [-0.15, -0.1) is 22.0 Å². The van der Waals surface area contributed by atoms with Crippen molar-refractivity contribution in [3.63, 3.8) is 0 Å². The molecule has 2 rings (SSSR count). The minimum Gasteiger partial charge on any atom is -0.478 e. The molecular formula is C12H10FN3O2S. The lowest BCUT2D eigenvalue weighted by atomic mass is 10.3. The van der Waals surface area contributed by atoms with Gasteiger partial charge in [0.15, 0.2) is 5.82 Å². The van der Waals surface area contributed by atoms with Gasteiger partial charge in [-0.2, -0.15) is 0 Å². The number of benzene rings is 1. The lowest BCUT2D eigenvalue weighted by molar-refractivity contribution is 0.0692. The van der Waals surface area contributed by atoms with E-state index in [1.165, 1.54) is 30.0 Å². The number of thioether (sulfide) groups is 1. The number of carboxylic acids is 1. The molecule has 0 saturated heterocycles. The van der Waals surface area contributed by atoms with Crippen LogP contribution in [0.25, 0.3) is 0 Å². The van der Waals surface area contributed by atoms with Gasteiger partial charge in [-0.05, 0) is 24.5 Å². The third kappa shape index (κ3) is 3.00. The van der Waals surface area contributed by atoms with Crippen molar-refractivity contribution in [1.29, 1.82) is 0 Å². The fourth-order valence-corrected chi connectivity index (χ4v) is 1.93. The van der Waals surface area contributed by atoms with Crippen molar-refractivity contribution in [2.45, 2.75) is 5.03 Å². The minimum absolute atomic E-state index is 0.0290. The number of aromatic nitrogens is 2. The van der Waals surface area contributed by atoms with Crippen molar-refractivity contribution in [2.75, 3.05) is 11.6 Å². The zero-order valence-corrected chi connectivity index (χ0v) is 10.7. The van der Waals surface area contributed by atoms with Crippen LogP contribution in [-0.2, 0) is 0 Å². The fraction of sp³-hybridized carbons (Fsp3) is 0.0833. The number of nitrogens with one attached hydrogen (secondary N) is 1. The summed E-state index contributed by atoms with van der Waals surface area (Å²) in [4.78, 5) is 11.1. The molecule has 0 aliphatic heterocycles. The number of aromatic carboxylic acids is 1. The Kier molecular flexibility index (Phi) is 3.96. The predicted molar refractivity (Wildman–Crippen MR) is 70.5 cm³/mol. The average molecular weight is 279 g/mol. The maximum absolute atomic E-state index is 13.4. The summed E-state index contributed by atoms with van der Waals surface area (Å²) in [7, 11) is 0. The second-order valence-corrected chi connectivity index (χ2v) is 4.36. The maximum atomic E-state index is 13.4. The highest BCUT2D eigenvalue weighted by molar-refractivity contribution is 7.98. The molecule has 0 amide bonds. The summed E-state index contributed by atoms with van der Waals surface area (Å²) < 4.78 is 13.4. The molecule has 0 aliphatic carbocycles. The topological polar surface area (TPSA) is 75.1 Å². The smallest absolute Gasteiger partial charge is 0.338 e. The third-order valence-corrected chi connectivity index (χ3v) is 3.01. The third-order valence-electron chi connectivity index (χ3n) is 2.32. The lowest BCUT2D eigenvalue weighted by Gasteiger charge is -2.08. The van der Waals surface area contributed by atoms with Crippen LogP contribution in [0.5, 0.6) is 0 Å². The first kappa shape index (κ1) is 13.3. The van der Waals surface area contributed by atoms with Crippen LogP contribution >= 0.6 is 11.8 Å². The summed E-state index contributed by atoms with van der Waals surface area (Å²) in [6, 6.07) is 7.37. The van der Waals surface area contributed by atoms with Crippen LogP contribution < -0.4 is 5.32 Å². The Morgan fingerprint density at radius 3 is 2.74 bits per heavy atom. The molecule has 0 fully saturated rings. The second kappa shape index (κ2) is 5.66. The van der Waals surface area contributed by atoms with Crippen LogP contribution in [0.2, 0.25) is 0 Å². The van der Waals surface area contributed by atoms with Gasteiger partial charge in [0.25, 0.3) is 0 Å². The van der Waals surface area contributed by atoms with Crippen LogP contribution in [0, 0.1) is 5.82 Å². The largest absolute Gasteiger partial charge is 0.478 e. The molecule has 0 radical (unpaired) electrons. The summed E-state index contributed by atoms with van der Waals surface area (Å²) in [5.74, 6) is -1.37. The molecule has 0 saturated carbocycles. The Bertz CT molecular complexity index is 622. The zero-order valence-electron chi connectivity index (χ0n) is 9.92. The van der Waals surface area contributed by atoms with Crippen LogP contribution in [0.4, 0.5) is 15.9 Å². The number of rotatable bonds is 4. The minimum atomic E-state index is -1.10. The van der Waals surface area contributed by atoms with Gasteiger partial charge in [0.05, 0.1) is 11.3 Å². The monoisotopic (exact) mass is 279 g/mol. The molecule has 98 valence electrons. The second-order valence-electron chi connectivity index (χ2n) is 3.56. The molecule has 0 spiro atoms. The van der Waals surface area contributed by atoms with Gasteiger partial charge in [0.2, 0.25) is 0 Å². The molecule has 1 heterocycles. The Hall–Kier alpha value is -2.15. The maximum Gasteiger partial charge on any atom is 0.338 e. The van der Waals surface area contributed by atoms with Crippen molar-refractivity contribution < 1.29 is 14.3 Å². The summed E-state index contributed by atoms with van der Waals surface area (Å²) in [6.45, 7) is 0. The van der Waals surface area contributed by atoms with Crippen LogP contribution in [0.3, 0.4) is 0 Å². The van der Waals surface area contributed by atoms with Gasteiger partial charge in [-0.1, -0.05) is 12.1 Å². The number of anilines is 2. The molecule has 1 aromatic heterocycles. The molecule has 1 aromatic carbocycles. The molecular weight excluding hydrogens is 269 g/mol. The normalized spacial score (nSPS) is 10.2. The van der Waals surface area contributed by atoms with Crippen molar-refractivity contribution in [3.05, 3.63) is 41.7 Å². The number of hydrogen-bond acceptors (Lipinski definition) is 5. The molecule has 0 bridgehead atoms. The Balaban J connectivity index is 2.34. The first-order chi connectivity index (χ1) is 9.11. The van der Waals surface area contributed by atoms with E-state index in [4.69, 9.17) is 5.11 Å². The van der Waals surface area contributed by atoms with Crippen molar-refractivity contribution >= 4 is 29.2 Å². The number of halogens is 1.